The summed E-state index contributed by atoms with van der Waals surface area (Å²) in [7, 11) is 1.80. The van der Waals surface area contributed by atoms with Crippen LogP contribution in [0.2, 0.25) is 5.02 Å². The first kappa shape index (κ1) is 9.23. The first-order valence-electron chi connectivity index (χ1n) is 2.37. The summed E-state index contributed by atoms with van der Waals surface area (Å²) < 4.78 is 0. The number of rotatable bonds is 0. The van der Waals surface area contributed by atoms with Crippen molar-refractivity contribution in [3.8, 4) is 0 Å². The summed E-state index contributed by atoms with van der Waals surface area (Å²) in [6.45, 7) is 0. The van der Waals surface area contributed by atoms with Gasteiger partial charge >= 0.3 is 0 Å². The van der Waals surface area contributed by atoms with Gasteiger partial charge in [-0.3, -0.25) is 0 Å². The van der Waals surface area contributed by atoms with Gasteiger partial charge in [0.05, 0.1) is 5.02 Å². The molecule has 0 aliphatic carbocycles. The van der Waals surface area contributed by atoms with Crippen molar-refractivity contribution in [1.29, 1.82) is 0 Å². The van der Waals surface area contributed by atoms with Crippen LogP contribution in [0.3, 0.4) is 0 Å². The summed E-state index contributed by atoms with van der Waals surface area (Å²) in [4.78, 5) is 0. The Bertz CT molecular complexity index is 167. The lowest BCUT2D eigenvalue weighted by molar-refractivity contribution is -0.00000139. The number of hydrogen-bond donors (Lipinski definition) is 0. The molecule has 0 aliphatic rings. The van der Waals surface area contributed by atoms with Gasteiger partial charge in [-0.2, -0.15) is 0 Å². The first-order chi connectivity index (χ1) is 3.80. The third-order valence-electron chi connectivity index (χ3n) is 0.958. The minimum Gasteiger partial charge on any atom is -1.00 e. The van der Waals surface area contributed by atoms with Crippen LogP contribution >= 0.6 is 20.8 Å². The van der Waals surface area contributed by atoms with E-state index in [1.165, 1.54) is 0 Å². The van der Waals surface area contributed by atoms with Crippen LogP contribution in [0, 0.1) is 0 Å². The minimum absolute atomic E-state index is 0. The van der Waals surface area contributed by atoms with E-state index in [9.17, 15) is 0 Å². The Hall–Kier alpha value is 0.230. The lowest BCUT2D eigenvalue weighted by Gasteiger charge is -1.85. The van der Waals surface area contributed by atoms with Gasteiger partial charge in [-0.05, 0) is 12.1 Å². The van der Waals surface area contributed by atoms with Crippen LogP contribution in [-0.4, -0.2) is 0 Å². The molecule has 50 valence electrons. The molecule has 0 saturated heterocycles. The average Bonchev–Trinajstić information content (AvgIpc) is 1.77. The summed E-state index contributed by atoms with van der Waals surface area (Å²) in [5.74, 6) is 0. The van der Waals surface area contributed by atoms with Gasteiger partial charge in [-0.25, -0.2) is 0 Å². The van der Waals surface area contributed by atoms with Crippen molar-refractivity contribution < 1.29 is 12.4 Å². The highest BCUT2D eigenvalue weighted by atomic mass is 35.5. The molecule has 1 atom stereocenters. The molecule has 9 heavy (non-hydrogen) atoms. The van der Waals surface area contributed by atoms with Gasteiger partial charge in [-0.1, -0.05) is 23.7 Å². The Kier molecular flexibility index (Phi) is 4.22. The zero-order valence-corrected chi connectivity index (χ0v) is 7.70. The van der Waals surface area contributed by atoms with Gasteiger partial charge in [-0.15, -0.1) is 0 Å². The van der Waals surface area contributed by atoms with E-state index in [1.54, 1.807) is 9.24 Å². The lowest BCUT2D eigenvalue weighted by Crippen LogP contribution is -3.00. The molecule has 0 radical (unpaired) electrons. The summed E-state index contributed by atoms with van der Waals surface area (Å²) >= 11 is 5.72. The molecule has 0 nitrogen and oxygen atoms in total. The Morgan fingerprint density at radius 1 is 1.22 bits per heavy atom. The van der Waals surface area contributed by atoms with E-state index in [-0.39, 0.29) is 12.4 Å². The predicted molar refractivity (Wildman–Crippen MR) is 42.2 cm³/mol. The Morgan fingerprint density at radius 3 is 2.11 bits per heavy atom. The minimum atomic E-state index is 0. The second-order valence-corrected chi connectivity index (χ2v) is 2.76. The molecule has 0 N–H and O–H groups in total. The Labute approximate surface area is 68.2 Å². The van der Waals surface area contributed by atoms with Gasteiger partial charge in [0.15, 0.2) is 0 Å². The maximum Gasteiger partial charge on any atom is 0.105 e. The molecule has 0 heterocycles. The fourth-order valence-electron chi connectivity index (χ4n) is 0.498. The van der Waals surface area contributed by atoms with E-state index in [2.05, 4.69) is 0 Å². The highest BCUT2D eigenvalue weighted by Crippen LogP contribution is 2.05. The largest absolute Gasteiger partial charge is 1.00 e. The SMILES string of the molecule is [Cl-].[PH3+]c1ccccc1Cl. The van der Waals surface area contributed by atoms with E-state index in [0.717, 1.165) is 10.3 Å². The molecule has 0 fully saturated rings. The van der Waals surface area contributed by atoms with Gasteiger partial charge in [0.2, 0.25) is 0 Å². The summed E-state index contributed by atoms with van der Waals surface area (Å²) in [5, 5.41) is 2.01. The molecule has 0 amide bonds. The van der Waals surface area contributed by atoms with Crippen molar-refractivity contribution in [2.75, 3.05) is 0 Å². The van der Waals surface area contributed by atoms with Gasteiger partial charge in [0, 0.05) is 9.24 Å². The molecule has 3 heteroatoms. The standard InChI is InChI=1S/C6H6ClP.ClH/c7-5-3-1-2-4-6(5)8;/h1-4H,8H2;1H. The molecule has 0 spiro atoms. The van der Waals surface area contributed by atoms with Crippen molar-refractivity contribution in [3.63, 3.8) is 0 Å². The van der Waals surface area contributed by atoms with Crippen LogP contribution in [0.5, 0.6) is 0 Å². The van der Waals surface area contributed by atoms with Crippen molar-refractivity contribution >= 4 is 26.1 Å². The maximum atomic E-state index is 5.72. The van der Waals surface area contributed by atoms with E-state index >= 15 is 0 Å². The molecule has 0 bridgehead atoms. The second kappa shape index (κ2) is 4.11. The van der Waals surface area contributed by atoms with E-state index in [4.69, 9.17) is 11.6 Å². The maximum absolute atomic E-state index is 5.72. The van der Waals surface area contributed by atoms with Gasteiger partial charge < -0.3 is 12.4 Å². The second-order valence-electron chi connectivity index (χ2n) is 1.59. The lowest BCUT2D eigenvalue weighted by atomic mass is 10.4. The van der Waals surface area contributed by atoms with Crippen LogP contribution < -0.4 is 17.7 Å². The smallest absolute Gasteiger partial charge is 0.105 e. The summed E-state index contributed by atoms with van der Waals surface area (Å²) in [5.41, 5.74) is 0. The molecule has 0 saturated carbocycles. The fourth-order valence-corrected chi connectivity index (χ4v) is 0.888. The number of halogens is 2. The van der Waals surface area contributed by atoms with E-state index < -0.39 is 0 Å². The fraction of sp³-hybridized carbons (Fsp3) is 0. The predicted octanol–water partition coefficient (Wildman–Crippen LogP) is -1.42. The molecule has 1 aromatic carbocycles. The van der Waals surface area contributed by atoms with E-state index in [1.807, 2.05) is 24.3 Å². The summed E-state index contributed by atoms with van der Waals surface area (Å²) in [6, 6.07) is 7.80. The number of hydrogen-bond acceptors (Lipinski definition) is 0. The number of benzene rings is 1. The quantitative estimate of drug-likeness (QED) is 0.431. The monoisotopic (exact) mass is 180 g/mol. The Balaban J connectivity index is 0.000000640. The molecular weight excluding hydrogens is 174 g/mol. The van der Waals surface area contributed by atoms with Crippen molar-refractivity contribution in [2.45, 2.75) is 0 Å². The normalized spacial score (nSPS) is 8.56. The molecule has 0 aliphatic heterocycles. The average molecular weight is 181 g/mol. The Morgan fingerprint density at radius 2 is 1.78 bits per heavy atom. The third kappa shape index (κ3) is 2.53. The van der Waals surface area contributed by atoms with E-state index in [0.29, 0.717) is 0 Å². The van der Waals surface area contributed by atoms with Crippen LogP contribution in [0.4, 0.5) is 0 Å². The molecule has 1 rings (SSSR count). The van der Waals surface area contributed by atoms with Crippen LogP contribution in [-0.2, 0) is 0 Å². The highest BCUT2D eigenvalue weighted by molar-refractivity contribution is 7.28. The molecular formula is C6H7Cl2P. The third-order valence-corrected chi connectivity index (χ3v) is 2.17. The highest BCUT2D eigenvalue weighted by Gasteiger charge is 1.92. The first-order valence-corrected chi connectivity index (χ1v) is 3.45. The van der Waals surface area contributed by atoms with Gasteiger partial charge in [0.1, 0.15) is 5.30 Å². The topological polar surface area (TPSA) is 0 Å². The zero-order chi connectivity index (χ0) is 5.98. The van der Waals surface area contributed by atoms with Crippen LogP contribution in [0.1, 0.15) is 0 Å². The molecule has 0 aromatic heterocycles. The van der Waals surface area contributed by atoms with Crippen molar-refractivity contribution in [3.05, 3.63) is 29.3 Å². The van der Waals surface area contributed by atoms with Crippen molar-refractivity contribution in [2.24, 2.45) is 0 Å². The van der Waals surface area contributed by atoms with Crippen LogP contribution in [0.15, 0.2) is 24.3 Å². The van der Waals surface area contributed by atoms with Crippen molar-refractivity contribution in [1.82, 2.24) is 0 Å². The molecule has 1 aromatic rings. The molecule has 1 unspecified atom stereocenters. The zero-order valence-electron chi connectivity index (χ0n) is 4.77. The van der Waals surface area contributed by atoms with Gasteiger partial charge in [0.25, 0.3) is 0 Å². The van der Waals surface area contributed by atoms with Crippen LogP contribution in [0.25, 0.3) is 0 Å². The summed E-state index contributed by atoms with van der Waals surface area (Å²) in [6.07, 6.45) is 0.